The minimum absolute atomic E-state index is 0.295. The Bertz CT molecular complexity index is 250. The maximum Gasteiger partial charge on any atom is 0.139 e. The number of nitrogens with one attached hydrogen (secondary N) is 1. The number of hydrogen-bond donors (Lipinski definition) is 1. The fourth-order valence-corrected chi connectivity index (χ4v) is 0.959. The summed E-state index contributed by atoms with van der Waals surface area (Å²) in [5.74, 6) is 0. The average molecular weight is 170 g/mol. The first-order valence-corrected chi connectivity index (χ1v) is 3.64. The molecule has 0 aliphatic carbocycles. The van der Waals surface area contributed by atoms with Crippen LogP contribution in [-0.2, 0) is 4.79 Å². The third-order valence-electron chi connectivity index (χ3n) is 1.25. The van der Waals surface area contributed by atoms with Crippen LogP contribution < -0.4 is 5.32 Å². The van der Waals surface area contributed by atoms with E-state index in [0.29, 0.717) is 11.6 Å². The summed E-state index contributed by atoms with van der Waals surface area (Å²) in [5.41, 5.74) is 0.793. The summed E-state index contributed by atoms with van der Waals surface area (Å²) in [6.45, 7) is 0.295. The number of carbonyl (C=O) groups is 1. The van der Waals surface area contributed by atoms with Crippen LogP contribution in [0.5, 0.6) is 0 Å². The molecule has 0 aromatic heterocycles. The molecule has 0 aliphatic rings. The molecule has 0 amide bonds. The number of anilines is 1. The van der Waals surface area contributed by atoms with Gasteiger partial charge in [0.25, 0.3) is 0 Å². The number of halogens is 1. The smallest absolute Gasteiger partial charge is 0.139 e. The van der Waals surface area contributed by atoms with Crippen LogP contribution in [0.15, 0.2) is 24.3 Å². The minimum Gasteiger partial charge on any atom is -0.377 e. The van der Waals surface area contributed by atoms with E-state index in [4.69, 9.17) is 11.6 Å². The fourth-order valence-electron chi connectivity index (χ4n) is 0.756. The Kier molecular flexibility index (Phi) is 2.93. The van der Waals surface area contributed by atoms with Gasteiger partial charge in [-0.2, -0.15) is 0 Å². The second-order valence-corrected chi connectivity index (χ2v) is 2.43. The van der Waals surface area contributed by atoms with Gasteiger partial charge in [-0.15, -0.1) is 0 Å². The van der Waals surface area contributed by atoms with Crippen LogP contribution in [0.1, 0.15) is 0 Å². The summed E-state index contributed by atoms with van der Waals surface area (Å²) in [6, 6.07) is 7.30. The highest BCUT2D eigenvalue weighted by Crippen LogP contribution is 2.19. The van der Waals surface area contributed by atoms with E-state index in [1.54, 1.807) is 6.07 Å². The van der Waals surface area contributed by atoms with Crippen LogP contribution in [0.25, 0.3) is 0 Å². The highest BCUT2D eigenvalue weighted by molar-refractivity contribution is 6.33. The summed E-state index contributed by atoms with van der Waals surface area (Å²) >= 11 is 5.78. The van der Waals surface area contributed by atoms with Crippen molar-refractivity contribution in [2.45, 2.75) is 0 Å². The molecule has 11 heavy (non-hydrogen) atoms. The molecular formula is C8H8ClNO. The van der Waals surface area contributed by atoms with Crippen molar-refractivity contribution in [3.63, 3.8) is 0 Å². The van der Waals surface area contributed by atoms with Gasteiger partial charge in [-0.05, 0) is 12.1 Å². The molecule has 0 saturated heterocycles. The number of aldehydes is 1. The molecule has 0 aliphatic heterocycles. The molecule has 0 bridgehead atoms. The molecule has 1 aromatic carbocycles. The maximum atomic E-state index is 9.98. The molecule has 1 N–H and O–H groups in total. The van der Waals surface area contributed by atoms with E-state index in [-0.39, 0.29) is 0 Å². The number of rotatable bonds is 3. The van der Waals surface area contributed by atoms with E-state index in [1.807, 2.05) is 18.2 Å². The zero-order valence-corrected chi connectivity index (χ0v) is 6.64. The molecule has 2 nitrogen and oxygen atoms in total. The monoisotopic (exact) mass is 169 g/mol. The van der Waals surface area contributed by atoms with Crippen LogP contribution >= 0.6 is 11.6 Å². The molecule has 0 spiro atoms. The molecule has 0 atom stereocenters. The third kappa shape index (κ3) is 2.24. The maximum absolute atomic E-state index is 9.98. The molecule has 1 aromatic rings. The zero-order valence-electron chi connectivity index (χ0n) is 5.88. The number of para-hydroxylation sites is 1. The first-order valence-electron chi connectivity index (χ1n) is 3.26. The number of carbonyl (C=O) groups excluding carboxylic acids is 1. The van der Waals surface area contributed by atoms with Gasteiger partial charge in [-0.1, -0.05) is 23.7 Å². The van der Waals surface area contributed by atoms with Crippen molar-refractivity contribution in [2.75, 3.05) is 11.9 Å². The normalized spacial score (nSPS) is 9.18. The summed E-state index contributed by atoms with van der Waals surface area (Å²) in [5, 5.41) is 3.50. The van der Waals surface area contributed by atoms with Crippen LogP contribution in [-0.4, -0.2) is 12.8 Å². The Morgan fingerprint density at radius 2 is 2.18 bits per heavy atom. The van der Waals surface area contributed by atoms with Crippen LogP contribution in [0.4, 0.5) is 5.69 Å². The fraction of sp³-hybridized carbons (Fsp3) is 0.125. The van der Waals surface area contributed by atoms with E-state index in [9.17, 15) is 4.79 Å². The van der Waals surface area contributed by atoms with Gasteiger partial charge in [0.1, 0.15) is 6.29 Å². The largest absolute Gasteiger partial charge is 0.377 e. The van der Waals surface area contributed by atoms with Gasteiger partial charge in [-0.3, -0.25) is 0 Å². The van der Waals surface area contributed by atoms with Gasteiger partial charge < -0.3 is 10.1 Å². The Morgan fingerprint density at radius 1 is 1.45 bits per heavy atom. The van der Waals surface area contributed by atoms with Crippen LogP contribution in [0, 0.1) is 0 Å². The number of benzene rings is 1. The van der Waals surface area contributed by atoms with Gasteiger partial charge in [-0.25, -0.2) is 0 Å². The summed E-state index contributed by atoms with van der Waals surface area (Å²) in [7, 11) is 0. The molecule has 0 unspecified atom stereocenters. The Labute approximate surface area is 70.2 Å². The zero-order chi connectivity index (χ0) is 8.10. The second kappa shape index (κ2) is 3.98. The van der Waals surface area contributed by atoms with Crippen LogP contribution in [0.3, 0.4) is 0 Å². The van der Waals surface area contributed by atoms with Gasteiger partial charge in [0.2, 0.25) is 0 Å². The van der Waals surface area contributed by atoms with Gasteiger partial charge >= 0.3 is 0 Å². The van der Waals surface area contributed by atoms with Crippen molar-refractivity contribution in [3.8, 4) is 0 Å². The number of hydrogen-bond acceptors (Lipinski definition) is 2. The lowest BCUT2D eigenvalue weighted by molar-refractivity contribution is -0.106. The molecule has 3 heteroatoms. The van der Waals surface area contributed by atoms with Crippen LogP contribution in [0.2, 0.25) is 5.02 Å². The van der Waals surface area contributed by atoms with E-state index < -0.39 is 0 Å². The quantitative estimate of drug-likeness (QED) is 0.701. The Balaban J connectivity index is 2.69. The van der Waals surface area contributed by atoms with E-state index >= 15 is 0 Å². The highest BCUT2D eigenvalue weighted by Gasteiger charge is 1.94. The first kappa shape index (κ1) is 8.08. The van der Waals surface area contributed by atoms with E-state index in [1.165, 1.54) is 0 Å². The lowest BCUT2D eigenvalue weighted by Gasteiger charge is -2.02. The lowest BCUT2D eigenvalue weighted by Crippen LogP contribution is -2.01. The van der Waals surface area contributed by atoms with E-state index in [0.717, 1.165) is 12.0 Å². The standard InChI is InChI=1S/C8H8ClNO/c9-7-3-1-2-4-8(7)10-5-6-11/h1-4,6,10H,5H2. The lowest BCUT2D eigenvalue weighted by atomic mass is 10.3. The Morgan fingerprint density at radius 3 is 2.82 bits per heavy atom. The predicted molar refractivity (Wildman–Crippen MR) is 46.0 cm³/mol. The first-order chi connectivity index (χ1) is 5.34. The van der Waals surface area contributed by atoms with Gasteiger partial charge in [0.15, 0.2) is 0 Å². The third-order valence-corrected chi connectivity index (χ3v) is 1.58. The SMILES string of the molecule is O=CCNc1ccccc1Cl. The molecular weight excluding hydrogens is 162 g/mol. The summed E-state index contributed by atoms with van der Waals surface area (Å²) < 4.78 is 0. The van der Waals surface area contributed by atoms with Crippen molar-refractivity contribution in [1.29, 1.82) is 0 Å². The average Bonchev–Trinajstić information content (AvgIpc) is 2.03. The van der Waals surface area contributed by atoms with Crippen molar-refractivity contribution >= 4 is 23.6 Å². The molecule has 0 heterocycles. The van der Waals surface area contributed by atoms with Crippen molar-refractivity contribution < 1.29 is 4.79 Å². The van der Waals surface area contributed by atoms with Crippen molar-refractivity contribution in [1.82, 2.24) is 0 Å². The van der Waals surface area contributed by atoms with Crippen molar-refractivity contribution in [2.24, 2.45) is 0 Å². The molecule has 0 radical (unpaired) electrons. The summed E-state index contributed by atoms with van der Waals surface area (Å²) in [4.78, 5) is 9.98. The summed E-state index contributed by atoms with van der Waals surface area (Å²) in [6.07, 6.45) is 0.795. The van der Waals surface area contributed by atoms with Gasteiger partial charge in [0.05, 0.1) is 17.3 Å². The van der Waals surface area contributed by atoms with Crippen molar-refractivity contribution in [3.05, 3.63) is 29.3 Å². The molecule has 0 fully saturated rings. The molecule has 1 rings (SSSR count). The molecule has 58 valence electrons. The second-order valence-electron chi connectivity index (χ2n) is 2.03. The minimum atomic E-state index is 0.295. The predicted octanol–water partition coefficient (Wildman–Crippen LogP) is 1.95. The Hall–Kier alpha value is -1.02. The highest BCUT2D eigenvalue weighted by atomic mass is 35.5. The van der Waals surface area contributed by atoms with Gasteiger partial charge in [0, 0.05) is 0 Å². The van der Waals surface area contributed by atoms with E-state index in [2.05, 4.69) is 5.32 Å². The topological polar surface area (TPSA) is 29.1 Å². The molecule has 0 saturated carbocycles.